The molecule has 1 aliphatic carbocycles. The molecule has 0 saturated heterocycles. The largest absolute Gasteiger partial charge is 0.395 e. The highest BCUT2D eigenvalue weighted by atomic mass is 19.1. The Hall–Kier alpha value is -2.91. The fourth-order valence-corrected chi connectivity index (χ4v) is 4.02. The van der Waals surface area contributed by atoms with Crippen LogP contribution in [-0.4, -0.2) is 20.8 Å². The molecule has 1 fully saturated rings. The number of rotatable bonds is 2. The number of aliphatic hydroxyl groups excluding tert-OH is 1. The average Bonchev–Trinajstić information content (AvgIpc) is 3.02. The van der Waals surface area contributed by atoms with Gasteiger partial charge in [-0.2, -0.15) is 5.26 Å². The molecular formula is C21H21FN4O. The van der Waals surface area contributed by atoms with Gasteiger partial charge in [-0.15, -0.1) is 0 Å². The molecule has 0 spiro atoms. The summed E-state index contributed by atoms with van der Waals surface area (Å²) in [5.74, 6) is -0.498. The van der Waals surface area contributed by atoms with E-state index in [-0.39, 0.29) is 17.8 Å². The second kappa shape index (κ2) is 6.67. The molecule has 6 heteroatoms. The first-order valence-electron chi connectivity index (χ1n) is 9.12. The highest BCUT2D eigenvalue weighted by Crippen LogP contribution is 2.39. The van der Waals surface area contributed by atoms with Crippen LogP contribution in [0.4, 0.5) is 10.1 Å². The van der Waals surface area contributed by atoms with Crippen LogP contribution < -0.4 is 5.73 Å². The molecule has 0 unspecified atom stereocenters. The normalized spacial score (nSPS) is 19.9. The van der Waals surface area contributed by atoms with Crippen molar-refractivity contribution in [1.82, 2.24) is 9.55 Å². The smallest absolute Gasteiger partial charge is 0.157 e. The van der Waals surface area contributed by atoms with Crippen molar-refractivity contribution in [1.29, 1.82) is 5.26 Å². The van der Waals surface area contributed by atoms with Crippen molar-refractivity contribution in [2.24, 2.45) is 0 Å². The molecule has 0 bridgehead atoms. The minimum absolute atomic E-state index is 0.00167. The van der Waals surface area contributed by atoms with E-state index in [1.54, 1.807) is 0 Å². The van der Waals surface area contributed by atoms with Crippen molar-refractivity contribution < 1.29 is 9.50 Å². The highest BCUT2D eigenvalue weighted by Gasteiger charge is 2.24. The molecule has 0 atom stereocenters. The summed E-state index contributed by atoms with van der Waals surface area (Å²) in [6, 6.07) is 6.24. The molecule has 1 aromatic carbocycles. The van der Waals surface area contributed by atoms with Gasteiger partial charge in [-0.05, 0) is 50.3 Å². The molecule has 0 aliphatic heterocycles. The van der Waals surface area contributed by atoms with E-state index >= 15 is 0 Å². The molecule has 5 nitrogen and oxygen atoms in total. The van der Waals surface area contributed by atoms with Gasteiger partial charge in [-0.3, -0.25) is 4.98 Å². The standard InChI is InChI=1S/C21H21FN4O/c1-12-6-20-16(7-13(12)8-23)18(17-9-25-10-19(24)21(17)22)11-26(20)14-2-4-15(27)5-3-14/h6-7,9-11,14-15,27H,2-5,24H2,1H3/t14-,15+. The Morgan fingerprint density at radius 1 is 1.22 bits per heavy atom. The minimum atomic E-state index is -0.498. The third kappa shape index (κ3) is 2.94. The maximum Gasteiger partial charge on any atom is 0.157 e. The lowest BCUT2D eigenvalue weighted by Crippen LogP contribution is -2.20. The number of aliphatic hydroxyl groups is 1. The number of hydrogen-bond donors (Lipinski definition) is 2. The van der Waals surface area contributed by atoms with Crippen molar-refractivity contribution >= 4 is 16.6 Å². The zero-order valence-corrected chi connectivity index (χ0v) is 15.1. The molecule has 0 radical (unpaired) electrons. The quantitative estimate of drug-likeness (QED) is 0.717. The van der Waals surface area contributed by atoms with Gasteiger partial charge < -0.3 is 15.4 Å². The number of aryl methyl sites for hydroxylation is 1. The van der Waals surface area contributed by atoms with Crippen LogP contribution in [-0.2, 0) is 0 Å². The predicted octanol–water partition coefficient (Wildman–Crippen LogP) is 4.08. The predicted molar refractivity (Wildman–Crippen MR) is 103 cm³/mol. The summed E-state index contributed by atoms with van der Waals surface area (Å²) in [6.07, 6.45) is 7.69. The van der Waals surface area contributed by atoms with Gasteiger partial charge in [-0.1, -0.05) is 0 Å². The summed E-state index contributed by atoms with van der Waals surface area (Å²) in [6.45, 7) is 1.91. The van der Waals surface area contributed by atoms with E-state index in [0.29, 0.717) is 16.7 Å². The van der Waals surface area contributed by atoms with Crippen LogP contribution in [0.25, 0.3) is 22.0 Å². The molecule has 2 heterocycles. The Bertz CT molecular complexity index is 1060. The number of aromatic nitrogens is 2. The Balaban J connectivity index is 1.96. The van der Waals surface area contributed by atoms with Crippen LogP contribution >= 0.6 is 0 Å². The fourth-order valence-electron chi connectivity index (χ4n) is 4.02. The second-order valence-electron chi connectivity index (χ2n) is 7.30. The lowest BCUT2D eigenvalue weighted by Gasteiger charge is -2.27. The maximum atomic E-state index is 14.7. The summed E-state index contributed by atoms with van der Waals surface area (Å²) in [7, 11) is 0. The third-order valence-corrected chi connectivity index (χ3v) is 5.56. The molecular weight excluding hydrogens is 343 g/mol. The van der Waals surface area contributed by atoms with Gasteiger partial charge in [0.1, 0.15) is 0 Å². The SMILES string of the molecule is Cc1cc2c(cc1C#N)c(-c1cncc(N)c1F)cn2[C@H]1CC[C@@H](O)CC1. The molecule has 3 aromatic rings. The van der Waals surface area contributed by atoms with Crippen molar-refractivity contribution in [3.8, 4) is 17.2 Å². The number of halogens is 1. The first-order valence-corrected chi connectivity index (χ1v) is 9.12. The number of pyridine rings is 1. The van der Waals surface area contributed by atoms with E-state index < -0.39 is 5.82 Å². The van der Waals surface area contributed by atoms with Gasteiger partial charge >= 0.3 is 0 Å². The van der Waals surface area contributed by atoms with Crippen LogP contribution in [0.3, 0.4) is 0 Å². The molecule has 4 rings (SSSR count). The van der Waals surface area contributed by atoms with Gasteiger partial charge in [0.05, 0.1) is 29.6 Å². The van der Waals surface area contributed by atoms with Gasteiger partial charge in [0.2, 0.25) is 0 Å². The molecule has 0 amide bonds. The summed E-state index contributed by atoms with van der Waals surface area (Å²) < 4.78 is 16.9. The summed E-state index contributed by atoms with van der Waals surface area (Å²) in [5, 5.41) is 20.1. The van der Waals surface area contributed by atoms with Crippen molar-refractivity contribution in [3.63, 3.8) is 0 Å². The molecule has 1 aliphatic rings. The summed E-state index contributed by atoms with van der Waals surface area (Å²) in [5.41, 5.74) is 9.16. The average molecular weight is 364 g/mol. The topological polar surface area (TPSA) is 87.9 Å². The number of nitriles is 1. The number of anilines is 1. The monoisotopic (exact) mass is 364 g/mol. The molecule has 138 valence electrons. The summed E-state index contributed by atoms with van der Waals surface area (Å²) >= 11 is 0. The van der Waals surface area contributed by atoms with Crippen LogP contribution in [0, 0.1) is 24.1 Å². The number of hydrogen-bond acceptors (Lipinski definition) is 4. The first kappa shape index (κ1) is 17.5. The van der Waals surface area contributed by atoms with Crippen LogP contribution in [0.15, 0.2) is 30.7 Å². The maximum absolute atomic E-state index is 14.7. The molecule has 2 aromatic heterocycles. The van der Waals surface area contributed by atoms with E-state index in [9.17, 15) is 14.8 Å². The van der Waals surface area contributed by atoms with Gasteiger partial charge in [0.25, 0.3) is 0 Å². The van der Waals surface area contributed by atoms with Gasteiger partial charge in [-0.25, -0.2) is 4.39 Å². The Morgan fingerprint density at radius 3 is 2.67 bits per heavy atom. The fraction of sp³-hybridized carbons (Fsp3) is 0.333. The van der Waals surface area contributed by atoms with E-state index in [0.717, 1.165) is 42.1 Å². The Kier molecular flexibility index (Phi) is 4.33. The Labute approximate surface area is 156 Å². The van der Waals surface area contributed by atoms with Crippen molar-refractivity contribution in [2.75, 3.05) is 5.73 Å². The summed E-state index contributed by atoms with van der Waals surface area (Å²) in [4.78, 5) is 4.05. The lowest BCUT2D eigenvalue weighted by molar-refractivity contribution is 0.111. The van der Waals surface area contributed by atoms with Gasteiger partial charge in [0, 0.05) is 40.5 Å². The number of fused-ring (bicyclic) bond motifs is 1. The highest BCUT2D eigenvalue weighted by molar-refractivity contribution is 5.98. The Morgan fingerprint density at radius 2 is 1.96 bits per heavy atom. The van der Waals surface area contributed by atoms with Gasteiger partial charge in [0.15, 0.2) is 5.82 Å². The second-order valence-corrected chi connectivity index (χ2v) is 7.30. The molecule has 27 heavy (non-hydrogen) atoms. The molecule has 1 saturated carbocycles. The number of nitrogens with two attached hydrogens (primary N) is 1. The van der Waals surface area contributed by atoms with Crippen molar-refractivity contribution in [2.45, 2.75) is 44.8 Å². The lowest BCUT2D eigenvalue weighted by atomic mass is 9.93. The van der Waals surface area contributed by atoms with Crippen LogP contribution in [0.1, 0.15) is 42.9 Å². The van der Waals surface area contributed by atoms with E-state index in [1.165, 1.54) is 12.4 Å². The third-order valence-electron chi connectivity index (χ3n) is 5.56. The zero-order chi connectivity index (χ0) is 19.1. The van der Waals surface area contributed by atoms with E-state index in [2.05, 4.69) is 15.6 Å². The molecule has 3 N–H and O–H groups in total. The number of benzene rings is 1. The van der Waals surface area contributed by atoms with Crippen molar-refractivity contribution in [3.05, 3.63) is 47.7 Å². The number of nitrogen functional groups attached to an aromatic ring is 1. The van der Waals surface area contributed by atoms with E-state index in [1.807, 2.05) is 25.3 Å². The first-order chi connectivity index (χ1) is 13.0. The zero-order valence-electron chi connectivity index (χ0n) is 15.1. The number of nitrogens with zero attached hydrogens (tertiary/aromatic N) is 3. The van der Waals surface area contributed by atoms with E-state index in [4.69, 9.17) is 5.73 Å². The van der Waals surface area contributed by atoms with Crippen LogP contribution in [0.2, 0.25) is 0 Å². The van der Waals surface area contributed by atoms with Crippen LogP contribution in [0.5, 0.6) is 0 Å². The minimum Gasteiger partial charge on any atom is -0.395 e.